The fourth-order valence-corrected chi connectivity index (χ4v) is 4.32. The van der Waals surface area contributed by atoms with E-state index in [0.29, 0.717) is 11.6 Å². The number of rotatable bonds is 3. The van der Waals surface area contributed by atoms with E-state index < -0.39 is 0 Å². The summed E-state index contributed by atoms with van der Waals surface area (Å²) in [6.07, 6.45) is 4.83. The van der Waals surface area contributed by atoms with Crippen LogP contribution in [0.3, 0.4) is 0 Å². The normalized spacial score (nSPS) is 21.9. The molecule has 1 aromatic carbocycles. The molecule has 146 valence electrons. The molecule has 1 amide bonds. The minimum atomic E-state index is -0.281. The molecule has 3 heterocycles. The number of carbonyl (C=O) groups excluding carboxylic acids is 1. The highest BCUT2D eigenvalue weighted by atomic mass is 35.5. The fourth-order valence-electron chi connectivity index (χ4n) is 4.32. The van der Waals surface area contributed by atoms with Crippen molar-refractivity contribution in [2.24, 2.45) is 0 Å². The van der Waals surface area contributed by atoms with Crippen molar-refractivity contribution >= 4 is 18.3 Å². The summed E-state index contributed by atoms with van der Waals surface area (Å²) in [5, 5.41) is 7.92. The summed E-state index contributed by atoms with van der Waals surface area (Å²) in [5.74, 6) is -0.0699. The van der Waals surface area contributed by atoms with Gasteiger partial charge in [-0.1, -0.05) is 13.8 Å². The van der Waals surface area contributed by atoms with Gasteiger partial charge < -0.3 is 10.2 Å². The molecule has 2 unspecified atom stereocenters. The zero-order valence-corrected chi connectivity index (χ0v) is 16.5. The summed E-state index contributed by atoms with van der Waals surface area (Å²) in [6, 6.07) is 6.82. The molecule has 0 radical (unpaired) electrons. The average Bonchev–Trinajstić information content (AvgIpc) is 3.15. The first-order chi connectivity index (χ1) is 12.6. The van der Waals surface area contributed by atoms with Crippen LogP contribution in [-0.2, 0) is 0 Å². The number of hydrogen-bond donors (Lipinski definition) is 1. The van der Waals surface area contributed by atoms with E-state index in [4.69, 9.17) is 0 Å². The third kappa shape index (κ3) is 3.60. The molecule has 1 aromatic heterocycles. The first-order valence-corrected chi connectivity index (χ1v) is 9.43. The van der Waals surface area contributed by atoms with Crippen LogP contribution in [0.2, 0.25) is 0 Å². The molecule has 1 N–H and O–H groups in total. The lowest BCUT2D eigenvalue weighted by Crippen LogP contribution is -2.42. The molecule has 4 rings (SSSR count). The highest BCUT2D eigenvalue weighted by molar-refractivity contribution is 5.96. The number of nitrogens with one attached hydrogen (secondary N) is 1. The maximum Gasteiger partial charge on any atom is 0.257 e. The van der Waals surface area contributed by atoms with E-state index in [1.54, 1.807) is 23.0 Å². The predicted octanol–water partition coefficient (Wildman–Crippen LogP) is 3.52. The molecule has 2 aliphatic heterocycles. The van der Waals surface area contributed by atoms with Gasteiger partial charge in [0, 0.05) is 18.6 Å². The summed E-state index contributed by atoms with van der Waals surface area (Å²) >= 11 is 0. The number of aromatic nitrogens is 2. The molecule has 2 atom stereocenters. The number of hydrogen-bond acceptors (Lipinski definition) is 3. The first kappa shape index (κ1) is 19.8. The molecule has 2 aromatic rings. The Morgan fingerprint density at radius 1 is 1.19 bits per heavy atom. The molecule has 2 bridgehead atoms. The molecule has 0 aliphatic carbocycles. The summed E-state index contributed by atoms with van der Waals surface area (Å²) in [7, 11) is 0. The number of benzene rings is 1. The second-order valence-electron chi connectivity index (χ2n) is 7.58. The van der Waals surface area contributed by atoms with Gasteiger partial charge >= 0.3 is 0 Å². The topological polar surface area (TPSA) is 50.2 Å². The predicted molar refractivity (Wildman–Crippen MR) is 105 cm³/mol. The van der Waals surface area contributed by atoms with E-state index in [-0.39, 0.29) is 36.1 Å². The van der Waals surface area contributed by atoms with Crippen molar-refractivity contribution in [3.8, 4) is 5.69 Å². The SMILES string of the molecule is CC(C)c1c(C(=O)N2C3CCNCC2CC3)cnn1-c1ccc(F)cc1.Cl. The van der Waals surface area contributed by atoms with E-state index >= 15 is 0 Å². The van der Waals surface area contributed by atoms with Crippen LogP contribution in [0.5, 0.6) is 0 Å². The average molecular weight is 393 g/mol. The Labute approximate surface area is 165 Å². The van der Waals surface area contributed by atoms with Crippen LogP contribution in [0, 0.1) is 5.82 Å². The van der Waals surface area contributed by atoms with Crippen molar-refractivity contribution in [2.45, 2.75) is 51.1 Å². The lowest BCUT2D eigenvalue weighted by Gasteiger charge is -2.28. The standard InChI is InChI=1S/C20H25FN4O.ClH/c1-13(2)19-18(12-23-25(19)16-5-3-14(21)4-6-16)20(26)24-15-7-8-17(24)11-22-10-9-15;/h3-6,12-13,15,17,22H,7-11H2,1-2H3;1H. The zero-order valence-electron chi connectivity index (χ0n) is 15.7. The van der Waals surface area contributed by atoms with Crippen molar-refractivity contribution in [3.05, 3.63) is 47.5 Å². The van der Waals surface area contributed by atoms with Crippen molar-refractivity contribution < 1.29 is 9.18 Å². The van der Waals surface area contributed by atoms with Gasteiger partial charge in [-0.25, -0.2) is 9.07 Å². The number of fused-ring (bicyclic) bond motifs is 2. The summed E-state index contributed by atoms with van der Waals surface area (Å²) in [6.45, 7) is 5.96. The van der Waals surface area contributed by atoms with E-state index in [2.05, 4.69) is 29.2 Å². The Balaban J connectivity index is 0.00000210. The Morgan fingerprint density at radius 2 is 1.89 bits per heavy atom. The monoisotopic (exact) mass is 392 g/mol. The van der Waals surface area contributed by atoms with Crippen LogP contribution in [0.1, 0.15) is 55.1 Å². The van der Waals surface area contributed by atoms with Crippen molar-refractivity contribution in [3.63, 3.8) is 0 Å². The lowest BCUT2D eigenvalue weighted by atomic mass is 10.0. The summed E-state index contributed by atoms with van der Waals surface area (Å²) in [5.41, 5.74) is 2.33. The van der Waals surface area contributed by atoms with Gasteiger partial charge in [0.2, 0.25) is 0 Å². The van der Waals surface area contributed by atoms with Gasteiger partial charge in [-0.2, -0.15) is 5.10 Å². The minimum absolute atomic E-state index is 0. The highest BCUT2D eigenvalue weighted by Gasteiger charge is 2.39. The number of amides is 1. The molecule has 5 nitrogen and oxygen atoms in total. The van der Waals surface area contributed by atoms with E-state index in [0.717, 1.165) is 43.7 Å². The lowest BCUT2D eigenvalue weighted by molar-refractivity contribution is 0.0678. The minimum Gasteiger partial charge on any atom is -0.331 e. The Hall–Kier alpha value is -1.92. The third-order valence-electron chi connectivity index (χ3n) is 5.54. The van der Waals surface area contributed by atoms with Gasteiger partial charge in [-0.15, -0.1) is 12.4 Å². The smallest absolute Gasteiger partial charge is 0.257 e. The summed E-state index contributed by atoms with van der Waals surface area (Å²) in [4.78, 5) is 15.5. The van der Waals surface area contributed by atoms with E-state index in [1.165, 1.54) is 12.1 Å². The van der Waals surface area contributed by atoms with Crippen molar-refractivity contribution in [2.75, 3.05) is 13.1 Å². The second-order valence-corrected chi connectivity index (χ2v) is 7.58. The molecule has 0 spiro atoms. The first-order valence-electron chi connectivity index (χ1n) is 9.43. The van der Waals surface area contributed by atoms with Gasteiger partial charge in [-0.3, -0.25) is 4.79 Å². The maximum absolute atomic E-state index is 13.4. The van der Waals surface area contributed by atoms with Gasteiger partial charge in [0.1, 0.15) is 5.82 Å². The number of carbonyl (C=O) groups is 1. The molecule has 0 saturated carbocycles. The van der Waals surface area contributed by atoms with Crippen LogP contribution >= 0.6 is 12.4 Å². The molecule has 27 heavy (non-hydrogen) atoms. The zero-order chi connectivity index (χ0) is 18.3. The van der Waals surface area contributed by atoms with E-state index in [1.807, 2.05) is 0 Å². The fraction of sp³-hybridized carbons (Fsp3) is 0.500. The van der Waals surface area contributed by atoms with Crippen molar-refractivity contribution in [1.82, 2.24) is 20.0 Å². The van der Waals surface area contributed by atoms with E-state index in [9.17, 15) is 9.18 Å². The second kappa shape index (κ2) is 7.98. The van der Waals surface area contributed by atoms with Crippen LogP contribution < -0.4 is 5.32 Å². The van der Waals surface area contributed by atoms with Crippen LogP contribution in [0.25, 0.3) is 5.69 Å². The van der Waals surface area contributed by atoms with Gasteiger partial charge in [0.25, 0.3) is 5.91 Å². The number of nitrogens with zero attached hydrogens (tertiary/aromatic N) is 3. The molecule has 2 saturated heterocycles. The van der Waals surface area contributed by atoms with Crippen molar-refractivity contribution in [1.29, 1.82) is 0 Å². The maximum atomic E-state index is 13.4. The summed E-state index contributed by atoms with van der Waals surface area (Å²) < 4.78 is 15.0. The Bertz CT molecular complexity index is 791. The largest absolute Gasteiger partial charge is 0.331 e. The van der Waals surface area contributed by atoms with Crippen LogP contribution in [0.4, 0.5) is 4.39 Å². The van der Waals surface area contributed by atoms with Gasteiger partial charge in [0.15, 0.2) is 0 Å². The molecular formula is C20H26ClFN4O. The van der Waals surface area contributed by atoms with Crippen LogP contribution in [-0.4, -0.2) is 45.8 Å². The van der Waals surface area contributed by atoms with Crippen LogP contribution in [0.15, 0.2) is 30.5 Å². The Kier molecular flexibility index (Phi) is 5.86. The molecule has 7 heteroatoms. The quantitative estimate of drug-likeness (QED) is 0.869. The number of halogens is 2. The third-order valence-corrected chi connectivity index (χ3v) is 5.54. The highest BCUT2D eigenvalue weighted by Crippen LogP contribution is 2.32. The molecular weight excluding hydrogens is 367 g/mol. The molecule has 2 aliphatic rings. The molecule has 2 fully saturated rings. The van der Waals surface area contributed by atoms with Gasteiger partial charge in [-0.05, 0) is 56.0 Å². The van der Waals surface area contributed by atoms with Gasteiger partial charge in [0.05, 0.1) is 23.1 Å². The Morgan fingerprint density at radius 3 is 2.59 bits per heavy atom.